The summed E-state index contributed by atoms with van der Waals surface area (Å²) in [6.07, 6.45) is 7.65. The molecular formula is C30H33N3O4. The predicted molar refractivity (Wildman–Crippen MR) is 136 cm³/mol. The molecule has 4 saturated carbocycles. The van der Waals surface area contributed by atoms with E-state index in [0.29, 0.717) is 36.4 Å². The summed E-state index contributed by atoms with van der Waals surface area (Å²) in [6, 6.07) is 13.5. The highest BCUT2D eigenvalue weighted by Crippen LogP contribution is 2.60. The Labute approximate surface area is 216 Å². The second-order valence-electron chi connectivity index (χ2n) is 11.8. The van der Waals surface area contributed by atoms with Gasteiger partial charge in [-0.25, -0.2) is 0 Å². The monoisotopic (exact) mass is 499 g/mol. The lowest BCUT2D eigenvalue weighted by Gasteiger charge is -2.34. The first kappa shape index (κ1) is 23.0. The van der Waals surface area contributed by atoms with Crippen molar-refractivity contribution < 1.29 is 19.1 Å². The Morgan fingerprint density at radius 2 is 1.73 bits per heavy atom. The van der Waals surface area contributed by atoms with Crippen LogP contribution in [-0.2, 0) is 29.3 Å². The van der Waals surface area contributed by atoms with Crippen molar-refractivity contribution in [2.24, 2.45) is 17.8 Å². The van der Waals surface area contributed by atoms with E-state index in [0.717, 1.165) is 35.4 Å². The SMILES string of the molecule is O=C1CCC(N2Cc3c(OCc4ccc(CNC56CC7CC(CC5C7)C6)cc4)cccc3C2=O)C(=O)N1. The van der Waals surface area contributed by atoms with E-state index in [4.69, 9.17) is 4.74 Å². The molecule has 2 heterocycles. The maximum Gasteiger partial charge on any atom is 0.255 e. The molecule has 0 aromatic heterocycles. The van der Waals surface area contributed by atoms with Crippen LogP contribution in [0.4, 0.5) is 0 Å². The Morgan fingerprint density at radius 1 is 0.973 bits per heavy atom. The van der Waals surface area contributed by atoms with Gasteiger partial charge in [0, 0.05) is 29.6 Å². The van der Waals surface area contributed by atoms with Gasteiger partial charge >= 0.3 is 0 Å². The summed E-state index contributed by atoms with van der Waals surface area (Å²) in [7, 11) is 0. The molecule has 0 radical (unpaired) electrons. The molecule has 3 atom stereocenters. The predicted octanol–water partition coefficient (Wildman–Crippen LogP) is 3.69. The molecule has 2 aromatic rings. The summed E-state index contributed by atoms with van der Waals surface area (Å²) < 4.78 is 6.17. The van der Waals surface area contributed by atoms with Crippen LogP contribution >= 0.6 is 0 Å². The second kappa shape index (κ2) is 8.69. The molecule has 7 heteroatoms. The van der Waals surface area contributed by atoms with Gasteiger partial charge in [-0.3, -0.25) is 19.7 Å². The molecule has 192 valence electrons. The average molecular weight is 500 g/mol. The first-order valence-corrected chi connectivity index (χ1v) is 13.7. The Kier molecular flexibility index (Phi) is 5.39. The Balaban J connectivity index is 0.981. The molecule has 37 heavy (non-hydrogen) atoms. The molecule has 2 aliphatic heterocycles. The lowest BCUT2D eigenvalue weighted by atomic mass is 9.80. The number of hydrogen-bond donors (Lipinski definition) is 2. The number of carbonyl (C=O) groups excluding carboxylic acids is 3. The van der Waals surface area contributed by atoms with Crippen LogP contribution in [0.15, 0.2) is 42.5 Å². The largest absolute Gasteiger partial charge is 0.489 e. The van der Waals surface area contributed by atoms with Gasteiger partial charge < -0.3 is 15.0 Å². The van der Waals surface area contributed by atoms with E-state index in [9.17, 15) is 14.4 Å². The summed E-state index contributed by atoms with van der Waals surface area (Å²) >= 11 is 0. The van der Waals surface area contributed by atoms with Crippen molar-refractivity contribution in [2.75, 3.05) is 0 Å². The zero-order valence-electron chi connectivity index (χ0n) is 21.0. The fourth-order valence-electron chi connectivity index (χ4n) is 7.97. The number of nitrogens with zero attached hydrogens (tertiary/aromatic N) is 1. The molecule has 4 bridgehead atoms. The van der Waals surface area contributed by atoms with E-state index in [1.807, 2.05) is 12.1 Å². The van der Waals surface area contributed by atoms with Gasteiger partial charge in [0.15, 0.2) is 0 Å². The highest BCUT2D eigenvalue weighted by molar-refractivity contribution is 6.05. The highest BCUT2D eigenvalue weighted by Gasteiger charge is 2.57. The average Bonchev–Trinajstić information content (AvgIpc) is 3.44. The van der Waals surface area contributed by atoms with Gasteiger partial charge in [0.05, 0.1) is 6.54 Å². The van der Waals surface area contributed by atoms with E-state index < -0.39 is 11.9 Å². The third-order valence-corrected chi connectivity index (χ3v) is 9.59. The van der Waals surface area contributed by atoms with Gasteiger partial charge in [-0.2, -0.15) is 0 Å². The number of piperidine rings is 1. The minimum atomic E-state index is -0.624. The van der Waals surface area contributed by atoms with Crippen LogP contribution < -0.4 is 15.4 Å². The Hall–Kier alpha value is -3.19. The first-order chi connectivity index (χ1) is 18.0. The number of benzene rings is 2. The van der Waals surface area contributed by atoms with Crippen LogP contribution in [0, 0.1) is 17.8 Å². The molecule has 7 nitrogen and oxygen atoms in total. The van der Waals surface area contributed by atoms with Gasteiger partial charge in [-0.1, -0.05) is 30.3 Å². The van der Waals surface area contributed by atoms with Crippen LogP contribution in [0.5, 0.6) is 5.75 Å². The molecule has 0 spiro atoms. The third kappa shape index (κ3) is 3.95. The molecule has 3 amide bonds. The number of amides is 3. The van der Waals surface area contributed by atoms with E-state index in [2.05, 4.69) is 34.9 Å². The van der Waals surface area contributed by atoms with Gasteiger partial charge in [0.2, 0.25) is 11.8 Å². The minimum Gasteiger partial charge on any atom is -0.489 e. The van der Waals surface area contributed by atoms with Gasteiger partial charge in [-0.05, 0) is 79.5 Å². The summed E-state index contributed by atoms with van der Waals surface area (Å²) in [5.41, 5.74) is 4.14. The third-order valence-electron chi connectivity index (χ3n) is 9.59. The zero-order valence-corrected chi connectivity index (χ0v) is 21.0. The number of nitrogens with one attached hydrogen (secondary N) is 2. The van der Waals surface area contributed by atoms with Crippen LogP contribution in [0.3, 0.4) is 0 Å². The number of hydrogen-bond acceptors (Lipinski definition) is 5. The summed E-state index contributed by atoms with van der Waals surface area (Å²) in [6.45, 7) is 1.64. The summed E-state index contributed by atoms with van der Waals surface area (Å²) in [5, 5.41) is 6.32. The lowest BCUT2D eigenvalue weighted by molar-refractivity contribution is -0.136. The molecule has 1 saturated heterocycles. The highest BCUT2D eigenvalue weighted by atomic mass is 16.5. The molecule has 6 aliphatic rings. The van der Waals surface area contributed by atoms with Crippen LogP contribution in [0.25, 0.3) is 0 Å². The lowest BCUT2D eigenvalue weighted by Crippen LogP contribution is -2.52. The summed E-state index contributed by atoms with van der Waals surface area (Å²) in [5.74, 6) is 2.59. The van der Waals surface area contributed by atoms with Crippen molar-refractivity contribution in [3.63, 3.8) is 0 Å². The molecule has 8 rings (SSSR count). The van der Waals surface area contributed by atoms with Crippen molar-refractivity contribution in [3.8, 4) is 5.75 Å². The number of carbonyl (C=O) groups is 3. The van der Waals surface area contributed by atoms with Crippen LogP contribution in [0.1, 0.15) is 72.0 Å². The fourth-order valence-corrected chi connectivity index (χ4v) is 7.97. The first-order valence-electron chi connectivity index (χ1n) is 13.7. The Morgan fingerprint density at radius 3 is 2.49 bits per heavy atom. The number of rotatable bonds is 7. The van der Waals surface area contributed by atoms with Gasteiger partial charge in [0.1, 0.15) is 18.4 Å². The summed E-state index contributed by atoms with van der Waals surface area (Å²) in [4.78, 5) is 38.5. The van der Waals surface area contributed by atoms with E-state index in [1.54, 1.807) is 11.0 Å². The van der Waals surface area contributed by atoms with Crippen molar-refractivity contribution in [3.05, 3.63) is 64.7 Å². The normalized spacial score (nSPS) is 31.7. The maximum atomic E-state index is 13.0. The molecule has 2 N–H and O–H groups in total. The molecule has 3 unspecified atom stereocenters. The van der Waals surface area contributed by atoms with Gasteiger partial charge in [-0.15, -0.1) is 0 Å². The van der Waals surface area contributed by atoms with Gasteiger partial charge in [0.25, 0.3) is 5.91 Å². The van der Waals surface area contributed by atoms with E-state index >= 15 is 0 Å². The number of ether oxygens (including phenoxy) is 1. The van der Waals surface area contributed by atoms with E-state index in [1.165, 1.54) is 37.7 Å². The maximum absolute atomic E-state index is 13.0. The van der Waals surface area contributed by atoms with Crippen molar-refractivity contribution in [1.82, 2.24) is 15.5 Å². The molecule has 5 fully saturated rings. The van der Waals surface area contributed by atoms with Crippen molar-refractivity contribution in [1.29, 1.82) is 0 Å². The van der Waals surface area contributed by atoms with Crippen LogP contribution in [0.2, 0.25) is 0 Å². The number of fused-ring (bicyclic) bond motifs is 1. The van der Waals surface area contributed by atoms with Crippen LogP contribution in [-0.4, -0.2) is 34.2 Å². The van der Waals surface area contributed by atoms with E-state index in [-0.39, 0.29) is 18.2 Å². The minimum absolute atomic E-state index is 0.185. The Bertz CT molecular complexity index is 1260. The quantitative estimate of drug-likeness (QED) is 0.568. The molecular weight excluding hydrogens is 466 g/mol. The van der Waals surface area contributed by atoms with Crippen molar-refractivity contribution in [2.45, 2.75) is 76.2 Å². The topological polar surface area (TPSA) is 87.7 Å². The standard InChI is InChI=1S/C30H33N3O4/c34-27-9-8-25(28(35)32-27)33-16-24-23(29(33)36)2-1-3-26(24)37-17-19-6-4-18(5-7-19)15-31-30-13-20-10-21(14-30)12-22(30)11-20/h1-7,20-22,25,31H,8-17H2,(H,32,34,35). The smallest absolute Gasteiger partial charge is 0.255 e. The second-order valence-corrected chi connectivity index (χ2v) is 11.8. The fraction of sp³-hybridized carbons (Fsp3) is 0.500. The van der Waals surface area contributed by atoms with Crippen molar-refractivity contribution >= 4 is 17.7 Å². The molecule has 4 aliphatic carbocycles. The zero-order chi connectivity index (χ0) is 25.1. The number of imide groups is 1. The molecule has 2 aromatic carbocycles.